The number of imide groups is 1. The summed E-state index contributed by atoms with van der Waals surface area (Å²) in [4.78, 5) is 36.0. The van der Waals surface area contributed by atoms with Crippen LogP contribution in [0.3, 0.4) is 0 Å². The van der Waals surface area contributed by atoms with Gasteiger partial charge >= 0.3 is 6.03 Å². The van der Waals surface area contributed by atoms with Gasteiger partial charge in [-0.2, -0.15) is 5.01 Å². The summed E-state index contributed by atoms with van der Waals surface area (Å²) in [6, 6.07) is -0.124. The number of carbonyl (C=O) groups excluding carboxylic acids is 3. The lowest BCUT2D eigenvalue weighted by atomic mass is 10.00. The van der Waals surface area contributed by atoms with E-state index in [2.05, 4.69) is 26.3 Å². The number of amides is 4. The van der Waals surface area contributed by atoms with E-state index in [9.17, 15) is 14.4 Å². The molecule has 1 aliphatic carbocycles. The number of thioether (sulfide) groups is 1. The molecule has 11 heteroatoms. The first kappa shape index (κ1) is 17.0. The van der Waals surface area contributed by atoms with Crippen LogP contribution in [0.5, 0.6) is 0 Å². The highest BCUT2D eigenvalue weighted by Gasteiger charge is 2.47. The number of urea groups is 1. The maximum Gasteiger partial charge on any atom is 0.344 e. The van der Waals surface area contributed by atoms with E-state index in [0.717, 1.165) is 23.0 Å². The van der Waals surface area contributed by atoms with Crippen LogP contribution in [-0.2, 0) is 9.59 Å². The van der Waals surface area contributed by atoms with E-state index in [-0.39, 0.29) is 5.75 Å². The lowest BCUT2D eigenvalue weighted by molar-refractivity contribution is -0.137. The van der Waals surface area contributed by atoms with E-state index < -0.39 is 23.4 Å². The van der Waals surface area contributed by atoms with E-state index in [1.54, 1.807) is 13.8 Å². The number of nitrogens with one attached hydrogen (secondary N) is 3. The maximum atomic E-state index is 12.2. The van der Waals surface area contributed by atoms with E-state index >= 15 is 0 Å². The maximum absolute atomic E-state index is 12.2. The molecule has 4 amide bonds. The first-order valence-corrected chi connectivity index (χ1v) is 9.40. The Morgan fingerprint density at radius 1 is 1.46 bits per heavy atom. The normalized spacial score (nSPS) is 23.3. The number of carbonyl (C=O) groups is 3. The molecule has 3 N–H and O–H groups in total. The zero-order valence-corrected chi connectivity index (χ0v) is 14.9. The van der Waals surface area contributed by atoms with Gasteiger partial charge in [0.1, 0.15) is 5.54 Å². The van der Waals surface area contributed by atoms with Crippen molar-refractivity contribution in [1.29, 1.82) is 0 Å². The molecule has 0 spiro atoms. The van der Waals surface area contributed by atoms with Crippen molar-refractivity contribution in [3.8, 4) is 0 Å². The van der Waals surface area contributed by atoms with Gasteiger partial charge in [-0.3, -0.25) is 15.0 Å². The number of nitrogens with zero attached hydrogens (tertiary/aromatic N) is 3. The molecular weight excluding hydrogens is 352 g/mol. The highest BCUT2D eigenvalue weighted by Crippen LogP contribution is 2.30. The molecular formula is C13H18N6O3S2. The van der Waals surface area contributed by atoms with Crippen molar-refractivity contribution >= 4 is 46.1 Å². The van der Waals surface area contributed by atoms with Gasteiger partial charge in [-0.15, -0.1) is 10.2 Å². The zero-order chi connectivity index (χ0) is 17.3. The van der Waals surface area contributed by atoms with Crippen LogP contribution in [0.4, 0.5) is 9.93 Å². The number of rotatable bonds is 7. The molecule has 2 aliphatic rings. The fourth-order valence-corrected chi connectivity index (χ4v) is 3.66. The molecule has 1 atom stereocenters. The third-order valence-corrected chi connectivity index (χ3v) is 5.83. The summed E-state index contributed by atoms with van der Waals surface area (Å²) >= 11 is 2.59. The zero-order valence-electron chi connectivity index (χ0n) is 13.3. The topological polar surface area (TPSA) is 116 Å². The quantitative estimate of drug-likeness (QED) is 0.483. The van der Waals surface area contributed by atoms with Crippen LogP contribution in [0.25, 0.3) is 0 Å². The minimum absolute atomic E-state index is 0.0396. The third-order valence-electron chi connectivity index (χ3n) is 3.84. The smallest absolute Gasteiger partial charge is 0.344 e. The van der Waals surface area contributed by atoms with Gasteiger partial charge in [0.2, 0.25) is 11.0 Å². The molecule has 1 saturated carbocycles. The number of aromatic nitrogens is 2. The predicted octanol–water partition coefficient (Wildman–Crippen LogP) is 0.956. The Balaban J connectivity index is 1.49. The Labute approximate surface area is 146 Å². The molecule has 24 heavy (non-hydrogen) atoms. The molecule has 9 nitrogen and oxygen atoms in total. The van der Waals surface area contributed by atoms with Crippen molar-refractivity contribution in [2.75, 3.05) is 11.1 Å². The van der Waals surface area contributed by atoms with Gasteiger partial charge in [-0.1, -0.05) is 30.0 Å². The second kappa shape index (κ2) is 6.55. The molecule has 0 bridgehead atoms. The molecule has 3 rings (SSSR count). The van der Waals surface area contributed by atoms with E-state index in [0.29, 0.717) is 16.8 Å². The standard InChI is InChI=1S/C13H18N6O3S2/c1-3-13(2)9(21)19(11(22)15-13)18-8(20)6-23-12-17-16-10(24-12)14-7-4-5-7/h7H,3-6H2,1-2H3,(H,14,16)(H,15,22)(H,18,20). The predicted molar refractivity (Wildman–Crippen MR) is 89.5 cm³/mol. The van der Waals surface area contributed by atoms with Crippen LogP contribution in [0.15, 0.2) is 4.34 Å². The summed E-state index contributed by atoms with van der Waals surface area (Å²) in [7, 11) is 0. The van der Waals surface area contributed by atoms with Crippen molar-refractivity contribution in [2.24, 2.45) is 0 Å². The second-order valence-electron chi connectivity index (χ2n) is 5.87. The lowest BCUT2D eigenvalue weighted by Gasteiger charge is -2.19. The van der Waals surface area contributed by atoms with Crippen LogP contribution in [-0.4, -0.2) is 50.4 Å². The van der Waals surface area contributed by atoms with Crippen LogP contribution >= 0.6 is 23.1 Å². The molecule has 2 heterocycles. The van der Waals surface area contributed by atoms with Crippen molar-refractivity contribution in [3.63, 3.8) is 0 Å². The van der Waals surface area contributed by atoms with E-state index in [4.69, 9.17) is 0 Å². The average molecular weight is 370 g/mol. The summed E-state index contributed by atoms with van der Waals surface area (Å²) in [6.45, 7) is 3.42. The fourth-order valence-electron chi connectivity index (χ4n) is 2.04. The Bertz CT molecular complexity index is 676. The van der Waals surface area contributed by atoms with Gasteiger partial charge in [-0.05, 0) is 26.2 Å². The van der Waals surface area contributed by atoms with Gasteiger partial charge in [0.05, 0.1) is 5.75 Å². The SMILES string of the molecule is CCC1(C)NC(=O)N(NC(=O)CSc2nnc(NC3CC3)s2)C1=O. The monoisotopic (exact) mass is 370 g/mol. The Morgan fingerprint density at radius 3 is 2.83 bits per heavy atom. The van der Waals surface area contributed by atoms with Gasteiger partial charge in [0.15, 0.2) is 4.34 Å². The molecule has 130 valence electrons. The number of anilines is 1. The summed E-state index contributed by atoms with van der Waals surface area (Å²) in [5.41, 5.74) is 1.37. The average Bonchev–Trinajstić information content (AvgIpc) is 3.20. The first-order chi connectivity index (χ1) is 11.4. The van der Waals surface area contributed by atoms with Crippen LogP contribution < -0.4 is 16.1 Å². The van der Waals surface area contributed by atoms with Crippen molar-refractivity contribution in [2.45, 2.75) is 49.0 Å². The molecule has 0 radical (unpaired) electrons. The third kappa shape index (κ3) is 3.61. The van der Waals surface area contributed by atoms with Gasteiger partial charge in [0, 0.05) is 6.04 Å². The minimum atomic E-state index is -0.972. The molecule has 1 aromatic heterocycles. The minimum Gasteiger partial charge on any atom is -0.357 e. The van der Waals surface area contributed by atoms with Crippen LogP contribution in [0.1, 0.15) is 33.1 Å². The van der Waals surface area contributed by atoms with Crippen LogP contribution in [0, 0.1) is 0 Å². The Morgan fingerprint density at radius 2 is 2.21 bits per heavy atom. The number of hydrogen-bond donors (Lipinski definition) is 3. The van der Waals surface area contributed by atoms with Crippen molar-refractivity contribution < 1.29 is 14.4 Å². The molecule has 1 unspecified atom stereocenters. The van der Waals surface area contributed by atoms with Gasteiger partial charge in [0.25, 0.3) is 5.91 Å². The van der Waals surface area contributed by atoms with Gasteiger partial charge in [-0.25, -0.2) is 4.79 Å². The molecule has 0 aromatic carbocycles. The van der Waals surface area contributed by atoms with Crippen LogP contribution in [0.2, 0.25) is 0 Å². The van der Waals surface area contributed by atoms with E-state index in [1.165, 1.54) is 23.1 Å². The van der Waals surface area contributed by atoms with Crippen molar-refractivity contribution in [1.82, 2.24) is 25.9 Å². The Kier molecular flexibility index (Phi) is 4.63. The molecule has 1 saturated heterocycles. The largest absolute Gasteiger partial charge is 0.357 e. The second-order valence-corrected chi connectivity index (χ2v) is 8.07. The van der Waals surface area contributed by atoms with Crippen molar-refractivity contribution in [3.05, 3.63) is 0 Å². The summed E-state index contributed by atoms with van der Waals surface area (Å²) < 4.78 is 0.656. The molecule has 2 fully saturated rings. The summed E-state index contributed by atoms with van der Waals surface area (Å²) in [5, 5.41) is 15.3. The fraction of sp³-hybridized carbons (Fsp3) is 0.615. The molecule has 1 aliphatic heterocycles. The molecule has 1 aromatic rings. The summed E-state index contributed by atoms with van der Waals surface area (Å²) in [6.07, 6.45) is 2.74. The number of hydrazine groups is 1. The number of hydrogen-bond acceptors (Lipinski definition) is 8. The highest BCUT2D eigenvalue weighted by atomic mass is 32.2. The van der Waals surface area contributed by atoms with Gasteiger partial charge < -0.3 is 10.6 Å². The summed E-state index contributed by atoms with van der Waals surface area (Å²) in [5.74, 6) is -0.867. The highest BCUT2D eigenvalue weighted by molar-refractivity contribution is 8.01. The Hall–Kier alpha value is -1.88. The van der Waals surface area contributed by atoms with E-state index in [1.807, 2.05) is 0 Å². The lowest BCUT2D eigenvalue weighted by Crippen LogP contribution is -2.49. The first-order valence-electron chi connectivity index (χ1n) is 7.60.